The predicted molar refractivity (Wildman–Crippen MR) is 101 cm³/mol. The second-order valence-electron chi connectivity index (χ2n) is 6.44. The Labute approximate surface area is 158 Å². The van der Waals surface area contributed by atoms with Crippen molar-refractivity contribution in [3.63, 3.8) is 0 Å². The molecule has 1 amide bonds. The average Bonchev–Trinajstić information content (AvgIpc) is 3.37. The third-order valence-electron chi connectivity index (χ3n) is 4.60. The van der Waals surface area contributed by atoms with Crippen LogP contribution in [0.15, 0.2) is 61.2 Å². The minimum Gasteiger partial charge on any atom is -0.454 e. The van der Waals surface area contributed by atoms with Crippen LogP contribution in [0.4, 0.5) is 0 Å². The lowest BCUT2D eigenvalue weighted by molar-refractivity contribution is 0.0752. The Morgan fingerprint density at radius 2 is 1.89 bits per heavy atom. The number of ether oxygens (including phenoxy) is 2. The first-order chi connectivity index (χ1) is 13.2. The monoisotopic (exact) mass is 363 g/mol. The summed E-state index contributed by atoms with van der Waals surface area (Å²) in [7, 11) is 0. The van der Waals surface area contributed by atoms with Crippen molar-refractivity contribution in [1.29, 1.82) is 0 Å². The minimum atomic E-state index is 0.0179. The number of hydrogen-bond acceptors (Lipinski definition) is 4. The number of aromatic nitrogens is 2. The maximum Gasteiger partial charge on any atom is 0.254 e. The fourth-order valence-electron chi connectivity index (χ4n) is 3.11. The summed E-state index contributed by atoms with van der Waals surface area (Å²) < 4.78 is 12.8. The van der Waals surface area contributed by atoms with E-state index in [1.807, 2.05) is 65.1 Å². The van der Waals surface area contributed by atoms with E-state index in [0.29, 0.717) is 18.7 Å². The van der Waals surface area contributed by atoms with Crippen LogP contribution in [-0.2, 0) is 13.1 Å². The van der Waals surface area contributed by atoms with Gasteiger partial charge in [0.15, 0.2) is 11.5 Å². The molecule has 0 aliphatic carbocycles. The van der Waals surface area contributed by atoms with Crippen LogP contribution in [0.1, 0.15) is 28.4 Å². The number of fused-ring (bicyclic) bond motifs is 1. The van der Waals surface area contributed by atoms with Crippen molar-refractivity contribution < 1.29 is 14.3 Å². The van der Waals surface area contributed by atoms with Crippen molar-refractivity contribution in [2.45, 2.75) is 20.0 Å². The standard InChI is InChI=1S/C21H21N3O3/c1-2-24(13-17-5-8-19-20(11-17)27-15-26-19)21(25)18-6-3-16(4-7-18)12-23-10-9-22-14-23/h3-11,14H,2,12-13,15H2,1H3. The zero-order chi connectivity index (χ0) is 18.6. The Bertz CT molecular complexity index is 920. The first-order valence-electron chi connectivity index (χ1n) is 8.95. The molecule has 0 unspecified atom stereocenters. The topological polar surface area (TPSA) is 56.6 Å². The number of nitrogens with zero attached hydrogens (tertiary/aromatic N) is 3. The van der Waals surface area contributed by atoms with Gasteiger partial charge in [-0.3, -0.25) is 4.79 Å². The molecular weight excluding hydrogens is 342 g/mol. The molecule has 0 atom stereocenters. The quantitative estimate of drug-likeness (QED) is 0.674. The molecule has 0 radical (unpaired) electrons. The van der Waals surface area contributed by atoms with Crippen LogP contribution in [0.25, 0.3) is 0 Å². The highest BCUT2D eigenvalue weighted by atomic mass is 16.7. The normalized spacial score (nSPS) is 12.2. The summed E-state index contributed by atoms with van der Waals surface area (Å²) in [6, 6.07) is 13.5. The molecule has 6 heteroatoms. The minimum absolute atomic E-state index is 0.0179. The molecule has 0 saturated heterocycles. The molecule has 1 aliphatic rings. The zero-order valence-corrected chi connectivity index (χ0v) is 15.2. The van der Waals surface area contributed by atoms with Gasteiger partial charge >= 0.3 is 0 Å². The second kappa shape index (κ2) is 7.53. The number of benzene rings is 2. The molecule has 0 saturated carbocycles. The van der Waals surface area contributed by atoms with Crippen LogP contribution in [0.2, 0.25) is 0 Å². The Hall–Kier alpha value is -3.28. The number of amides is 1. The van der Waals surface area contributed by atoms with E-state index in [1.54, 1.807) is 12.5 Å². The molecular formula is C21H21N3O3. The molecule has 1 aromatic heterocycles. The van der Waals surface area contributed by atoms with Gasteiger partial charge in [0, 0.05) is 37.6 Å². The molecule has 0 N–H and O–H groups in total. The Morgan fingerprint density at radius 3 is 2.63 bits per heavy atom. The van der Waals surface area contributed by atoms with Crippen molar-refractivity contribution in [1.82, 2.24) is 14.5 Å². The third-order valence-corrected chi connectivity index (χ3v) is 4.60. The van der Waals surface area contributed by atoms with Gasteiger partial charge in [-0.15, -0.1) is 0 Å². The van der Waals surface area contributed by atoms with Gasteiger partial charge < -0.3 is 18.9 Å². The summed E-state index contributed by atoms with van der Waals surface area (Å²) in [4.78, 5) is 18.8. The molecule has 0 fully saturated rings. The van der Waals surface area contributed by atoms with Gasteiger partial charge in [-0.25, -0.2) is 4.98 Å². The fraction of sp³-hybridized carbons (Fsp3) is 0.238. The van der Waals surface area contributed by atoms with Crippen LogP contribution in [0, 0.1) is 0 Å². The maximum atomic E-state index is 12.9. The molecule has 138 valence electrons. The fourth-order valence-corrected chi connectivity index (χ4v) is 3.11. The van der Waals surface area contributed by atoms with E-state index in [4.69, 9.17) is 9.47 Å². The van der Waals surface area contributed by atoms with Gasteiger partial charge in [0.2, 0.25) is 6.79 Å². The number of carbonyl (C=O) groups excluding carboxylic acids is 1. The molecule has 2 aromatic carbocycles. The highest BCUT2D eigenvalue weighted by Gasteiger charge is 2.17. The van der Waals surface area contributed by atoms with Gasteiger partial charge in [0.25, 0.3) is 5.91 Å². The van der Waals surface area contributed by atoms with Crippen LogP contribution in [0.5, 0.6) is 11.5 Å². The number of imidazole rings is 1. The second-order valence-corrected chi connectivity index (χ2v) is 6.44. The SMILES string of the molecule is CCN(Cc1ccc2c(c1)OCO2)C(=O)c1ccc(Cn2ccnc2)cc1. The van der Waals surface area contributed by atoms with Crippen molar-refractivity contribution >= 4 is 5.91 Å². The van der Waals surface area contributed by atoms with Crippen LogP contribution >= 0.6 is 0 Å². The predicted octanol–water partition coefficient (Wildman–Crippen LogP) is 3.32. The Kier molecular flexibility index (Phi) is 4.78. The van der Waals surface area contributed by atoms with Crippen molar-refractivity contribution in [2.24, 2.45) is 0 Å². The van der Waals surface area contributed by atoms with E-state index in [2.05, 4.69) is 4.98 Å². The zero-order valence-electron chi connectivity index (χ0n) is 15.2. The maximum absolute atomic E-state index is 12.9. The highest BCUT2D eigenvalue weighted by molar-refractivity contribution is 5.94. The van der Waals surface area contributed by atoms with Crippen LogP contribution in [0.3, 0.4) is 0 Å². The summed E-state index contributed by atoms with van der Waals surface area (Å²) in [5, 5.41) is 0. The average molecular weight is 363 g/mol. The first-order valence-corrected chi connectivity index (χ1v) is 8.95. The van der Waals surface area contributed by atoms with Crippen molar-refractivity contribution in [2.75, 3.05) is 13.3 Å². The van der Waals surface area contributed by atoms with E-state index in [1.165, 1.54) is 0 Å². The summed E-state index contributed by atoms with van der Waals surface area (Å²) in [6.07, 6.45) is 5.46. The summed E-state index contributed by atoms with van der Waals surface area (Å²) in [6.45, 7) is 4.13. The lowest BCUT2D eigenvalue weighted by atomic mass is 10.1. The molecule has 0 bridgehead atoms. The van der Waals surface area contributed by atoms with Crippen molar-refractivity contribution in [3.8, 4) is 11.5 Å². The van der Waals surface area contributed by atoms with Crippen molar-refractivity contribution in [3.05, 3.63) is 77.9 Å². The molecule has 6 nitrogen and oxygen atoms in total. The smallest absolute Gasteiger partial charge is 0.254 e. The first kappa shape index (κ1) is 17.1. The lowest BCUT2D eigenvalue weighted by Crippen LogP contribution is -2.30. The summed E-state index contributed by atoms with van der Waals surface area (Å²) in [5.41, 5.74) is 2.83. The van der Waals surface area contributed by atoms with E-state index < -0.39 is 0 Å². The Morgan fingerprint density at radius 1 is 1.11 bits per heavy atom. The molecule has 2 heterocycles. The van der Waals surface area contributed by atoms with Crippen LogP contribution < -0.4 is 9.47 Å². The lowest BCUT2D eigenvalue weighted by Gasteiger charge is -2.21. The summed E-state index contributed by atoms with van der Waals surface area (Å²) >= 11 is 0. The molecule has 0 spiro atoms. The van der Waals surface area contributed by atoms with Gasteiger partial charge in [-0.2, -0.15) is 0 Å². The highest BCUT2D eigenvalue weighted by Crippen LogP contribution is 2.32. The van der Waals surface area contributed by atoms with Crippen LogP contribution in [-0.4, -0.2) is 33.7 Å². The van der Waals surface area contributed by atoms with Gasteiger partial charge in [0.05, 0.1) is 6.33 Å². The molecule has 27 heavy (non-hydrogen) atoms. The van der Waals surface area contributed by atoms with E-state index in [0.717, 1.165) is 29.2 Å². The number of rotatable bonds is 6. The largest absolute Gasteiger partial charge is 0.454 e. The number of hydrogen-bond donors (Lipinski definition) is 0. The Balaban J connectivity index is 1.45. The van der Waals surface area contributed by atoms with Gasteiger partial charge in [-0.05, 0) is 42.3 Å². The molecule has 3 aromatic rings. The molecule has 4 rings (SSSR count). The number of carbonyl (C=O) groups is 1. The summed E-state index contributed by atoms with van der Waals surface area (Å²) in [5.74, 6) is 1.51. The third kappa shape index (κ3) is 3.79. The molecule has 1 aliphatic heterocycles. The van der Waals surface area contributed by atoms with E-state index in [-0.39, 0.29) is 12.7 Å². The van der Waals surface area contributed by atoms with E-state index >= 15 is 0 Å². The van der Waals surface area contributed by atoms with E-state index in [9.17, 15) is 4.79 Å². The van der Waals surface area contributed by atoms with Gasteiger partial charge in [0.1, 0.15) is 0 Å². The van der Waals surface area contributed by atoms with Gasteiger partial charge in [-0.1, -0.05) is 18.2 Å².